The molecule has 0 unspecified atom stereocenters. The Kier molecular flexibility index (Phi) is 4.62. The third-order valence-corrected chi connectivity index (χ3v) is 5.89. The first-order valence-corrected chi connectivity index (χ1v) is 9.47. The summed E-state index contributed by atoms with van der Waals surface area (Å²) in [4.78, 5) is 11.1. The van der Waals surface area contributed by atoms with Crippen LogP contribution in [0.3, 0.4) is 0 Å². The monoisotopic (exact) mass is 400 g/mol. The molecule has 10 heteroatoms. The Morgan fingerprint density at radius 3 is 2.44 bits per heavy atom. The van der Waals surface area contributed by atoms with E-state index in [1.54, 1.807) is 4.90 Å². The van der Waals surface area contributed by atoms with E-state index >= 15 is 0 Å². The first-order valence-electron chi connectivity index (χ1n) is 7.99. The number of nitro benzene ring substituents is 1. The number of rotatable bonds is 3. The van der Waals surface area contributed by atoms with Gasteiger partial charge in [0.1, 0.15) is 5.69 Å². The molecule has 27 heavy (non-hydrogen) atoms. The third-order valence-electron chi connectivity index (χ3n) is 4.41. The molecule has 6 nitrogen and oxygen atoms in total. The fourth-order valence-corrected chi connectivity index (χ4v) is 3.89. The summed E-state index contributed by atoms with van der Waals surface area (Å²) >= 11 is 0. The molecule has 0 spiro atoms. The van der Waals surface area contributed by atoms with Gasteiger partial charge in [0, 0.05) is 18.3 Å². The van der Waals surface area contributed by atoms with E-state index < -0.39 is 30.9 Å². The van der Waals surface area contributed by atoms with Gasteiger partial charge in [0.15, 0.2) is 0 Å². The maximum Gasteiger partial charge on any atom is 0.501 e. The molecular formula is C17H15F3N2O4S. The topological polar surface area (TPSA) is 80.5 Å². The van der Waals surface area contributed by atoms with E-state index in [0.29, 0.717) is 19.0 Å². The Labute approximate surface area is 153 Å². The lowest BCUT2D eigenvalue weighted by Gasteiger charge is -2.31. The number of nitrogens with zero attached hydrogens (tertiary/aromatic N) is 2. The molecule has 144 valence electrons. The molecule has 0 amide bonds. The second kappa shape index (κ2) is 6.52. The Balaban J connectivity index is 2.17. The van der Waals surface area contributed by atoms with Crippen molar-refractivity contribution in [2.75, 3.05) is 11.4 Å². The highest BCUT2D eigenvalue weighted by molar-refractivity contribution is 7.92. The van der Waals surface area contributed by atoms with Crippen LogP contribution < -0.4 is 4.90 Å². The van der Waals surface area contributed by atoms with Gasteiger partial charge in [-0.15, -0.1) is 0 Å². The van der Waals surface area contributed by atoms with Gasteiger partial charge < -0.3 is 4.90 Å². The van der Waals surface area contributed by atoms with E-state index in [9.17, 15) is 31.7 Å². The van der Waals surface area contributed by atoms with E-state index in [1.807, 2.05) is 25.1 Å². The van der Waals surface area contributed by atoms with Gasteiger partial charge >= 0.3 is 5.51 Å². The van der Waals surface area contributed by atoms with Gasteiger partial charge in [-0.1, -0.05) is 12.1 Å². The minimum absolute atomic E-state index is 0.0627. The van der Waals surface area contributed by atoms with Crippen molar-refractivity contribution in [3.05, 3.63) is 57.6 Å². The first kappa shape index (κ1) is 19.2. The van der Waals surface area contributed by atoms with Gasteiger partial charge in [0.25, 0.3) is 15.5 Å². The highest BCUT2D eigenvalue weighted by atomic mass is 32.2. The van der Waals surface area contributed by atoms with Crippen molar-refractivity contribution >= 4 is 26.9 Å². The molecule has 2 aromatic carbocycles. The van der Waals surface area contributed by atoms with Crippen LogP contribution in [0.15, 0.2) is 41.3 Å². The quantitative estimate of drug-likeness (QED) is 0.567. The summed E-state index contributed by atoms with van der Waals surface area (Å²) in [5.41, 5.74) is -3.53. The summed E-state index contributed by atoms with van der Waals surface area (Å²) in [7, 11) is -5.67. The fraction of sp³-hybridized carbons (Fsp3) is 0.294. The number of aryl methyl sites for hydroxylation is 2. The molecule has 0 N–H and O–H groups in total. The van der Waals surface area contributed by atoms with Crippen LogP contribution in [0.25, 0.3) is 0 Å². The van der Waals surface area contributed by atoms with E-state index in [4.69, 9.17) is 0 Å². The Bertz CT molecular complexity index is 1020. The molecule has 1 heterocycles. The zero-order valence-electron chi connectivity index (χ0n) is 14.2. The number of hydrogen-bond donors (Lipinski definition) is 0. The van der Waals surface area contributed by atoms with Crippen LogP contribution in [-0.2, 0) is 16.3 Å². The molecule has 0 aliphatic carbocycles. The number of anilines is 2. The van der Waals surface area contributed by atoms with Crippen LogP contribution in [0, 0.1) is 17.0 Å². The Morgan fingerprint density at radius 1 is 1.11 bits per heavy atom. The standard InChI is InChI=1S/C17H15F3N2O4S/c1-11-4-5-12-3-2-8-21(15(12)9-11)14-7-6-13(10-16(14)22(23)24)27(25,26)17(18,19)20/h4-7,9-10H,2-3,8H2,1H3. The van der Waals surface area contributed by atoms with E-state index in [0.717, 1.165) is 35.4 Å². The number of benzene rings is 2. The Hall–Kier alpha value is -2.62. The van der Waals surface area contributed by atoms with Crippen molar-refractivity contribution in [2.24, 2.45) is 0 Å². The summed E-state index contributed by atoms with van der Waals surface area (Å²) < 4.78 is 61.5. The minimum Gasteiger partial charge on any atom is -0.336 e. The third kappa shape index (κ3) is 3.36. The van der Waals surface area contributed by atoms with Crippen LogP contribution in [-0.4, -0.2) is 25.4 Å². The zero-order chi connectivity index (χ0) is 20.0. The number of halogens is 3. The highest BCUT2D eigenvalue weighted by Crippen LogP contribution is 2.41. The number of sulfone groups is 1. The van der Waals surface area contributed by atoms with Crippen molar-refractivity contribution in [2.45, 2.75) is 30.2 Å². The number of alkyl halides is 3. The number of hydrogen-bond acceptors (Lipinski definition) is 5. The second-order valence-electron chi connectivity index (χ2n) is 6.24. The highest BCUT2D eigenvalue weighted by Gasteiger charge is 2.47. The van der Waals surface area contributed by atoms with Crippen molar-refractivity contribution in [1.82, 2.24) is 0 Å². The largest absolute Gasteiger partial charge is 0.501 e. The van der Waals surface area contributed by atoms with E-state index in [2.05, 4.69) is 0 Å². The lowest BCUT2D eigenvalue weighted by Crippen LogP contribution is -2.26. The fourth-order valence-electron chi connectivity index (χ4n) is 3.11. The summed E-state index contributed by atoms with van der Waals surface area (Å²) in [5, 5.41) is 11.5. The average molecular weight is 400 g/mol. The van der Waals surface area contributed by atoms with E-state index in [-0.39, 0.29) is 5.69 Å². The van der Waals surface area contributed by atoms with Crippen molar-refractivity contribution in [3.8, 4) is 0 Å². The van der Waals surface area contributed by atoms with Gasteiger partial charge in [0.2, 0.25) is 0 Å². The molecule has 3 rings (SSSR count). The minimum atomic E-state index is -5.67. The predicted molar refractivity (Wildman–Crippen MR) is 92.8 cm³/mol. The maximum absolute atomic E-state index is 12.8. The summed E-state index contributed by atoms with van der Waals surface area (Å²) in [6.45, 7) is 2.29. The molecule has 1 aliphatic heterocycles. The van der Waals surface area contributed by atoms with Gasteiger partial charge in [-0.25, -0.2) is 8.42 Å². The number of fused-ring (bicyclic) bond motifs is 1. The lowest BCUT2D eigenvalue weighted by molar-refractivity contribution is -0.384. The van der Waals surface area contributed by atoms with Crippen LogP contribution in [0.2, 0.25) is 0 Å². The van der Waals surface area contributed by atoms with Crippen LogP contribution in [0.1, 0.15) is 17.5 Å². The number of nitro groups is 1. The van der Waals surface area contributed by atoms with Crippen molar-refractivity contribution < 1.29 is 26.5 Å². The first-order chi connectivity index (χ1) is 12.5. The molecule has 1 aliphatic rings. The van der Waals surface area contributed by atoms with Gasteiger partial charge in [-0.3, -0.25) is 10.1 Å². The molecule has 0 aromatic heterocycles. The molecule has 0 atom stereocenters. The Morgan fingerprint density at radius 2 is 1.81 bits per heavy atom. The van der Waals surface area contributed by atoms with Gasteiger partial charge in [-0.2, -0.15) is 13.2 Å². The SMILES string of the molecule is Cc1ccc2c(c1)N(c1ccc(S(=O)(=O)C(F)(F)F)cc1[N+](=O)[O-])CCC2. The molecular weight excluding hydrogens is 385 g/mol. The normalized spacial score (nSPS) is 14.7. The molecule has 0 saturated heterocycles. The van der Waals surface area contributed by atoms with Crippen molar-refractivity contribution in [1.29, 1.82) is 0 Å². The molecule has 2 aromatic rings. The molecule has 0 saturated carbocycles. The van der Waals surface area contributed by atoms with Crippen LogP contribution in [0.5, 0.6) is 0 Å². The molecule has 0 radical (unpaired) electrons. The van der Waals surface area contributed by atoms with Crippen LogP contribution >= 0.6 is 0 Å². The average Bonchev–Trinajstić information content (AvgIpc) is 2.59. The summed E-state index contributed by atoms with van der Waals surface area (Å²) in [6, 6.07) is 7.96. The molecule has 0 fully saturated rings. The summed E-state index contributed by atoms with van der Waals surface area (Å²) in [5.74, 6) is 0. The molecule has 0 bridgehead atoms. The van der Waals surface area contributed by atoms with Crippen LogP contribution in [0.4, 0.5) is 30.2 Å². The van der Waals surface area contributed by atoms with Gasteiger partial charge in [-0.05, 0) is 49.1 Å². The second-order valence-corrected chi connectivity index (χ2v) is 8.19. The van der Waals surface area contributed by atoms with Crippen molar-refractivity contribution in [3.63, 3.8) is 0 Å². The maximum atomic E-state index is 12.8. The smallest absolute Gasteiger partial charge is 0.336 e. The van der Waals surface area contributed by atoms with E-state index in [1.165, 1.54) is 0 Å². The van der Waals surface area contributed by atoms with Gasteiger partial charge in [0.05, 0.1) is 9.82 Å². The lowest BCUT2D eigenvalue weighted by atomic mass is 9.99. The predicted octanol–water partition coefficient (Wildman–Crippen LogP) is 4.28. The summed E-state index contributed by atoms with van der Waals surface area (Å²) in [6.07, 6.45) is 1.48. The zero-order valence-corrected chi connectivity index (χ0v) is 15.0.